The highest BCUT2D eigenvalue weighted by atomic mass is 15.2. The fourth-order valence-electron chi connectivity index (χ4n) is 2.14. The summed E-state index contributed by atoms with van der Waals surface area (Å²) >= 11 is 0. The Labute approximate surface area is 108 Å². The summed E-state index contributed by atoms with van der Waals surface area (Å²) in [6.45, 7) is 0.917. The molecule has 2 aromatic rings. The molecule has 1 aliphatic carbocycles. The van der Waals surface area contributed by atoms with Crippen LogP contribution in [0.4, 0.5) is 5.69 Å². The highest BCUT2D eigenvalue weighted by Crippen LogP contribution is 2.36. The van der Waals surface area contributed by atoms with E-state index in [1.807, 2.05) is 6.07 Å². The number of nitrogens with one attached hydrogen (secondary N) is 2. The second-order valence-corrected chi connectivity index (χ2v) is 4.91. The van der Waals surface area contributed by atoms with Crippen molar-refractivity contribution >= 4 is 5.69 Å². The lowest BCUT2D eigenvalue weighted by Gasteiger charge is -2.20. The lowest BCUT2D eigenvalue weighted by atomic mass is 10.2. The monoisotopic (exact) mass is 238 g/mol. The van der Waals surface area contributed by atoms with Crippen molar-refractivity contribution in [2.45, 2.75) is 25.0 Å². The van der Waals surface area contributed by atoms with Crippen LogP contribution < -0.4 is 10.6 Å². The van der Waals surface area contributed by atoms with Crippen LogP contribution >= 0.6 is 0 Å². The summed E-state index contributed by atoms with van der Waals surface area (Å²) in [5, 5.41) is 7.21. The fraction of sp³-hybridized carbons (Fsp3) is 0.250. The van der Waals surface area contributed by atoms with Gasteiger partial charge in [-0.3, -0.25) is 5.32 Å². The van der Waals surface area contributed by atoms with Crippen LogP contribution in [0.5, 0.6) is 0 Å². The predicted molar refractivity (Wildman–Crippen MR) is 75.3 cm³/mol. The Morgan fingerprint density at radius 3 is 2.06 bits per heavy atom. The first-order valence-electron chi connectivity index (χ1n) is 6.49. The first-order valence-corrected chi connectivity index (χ1v) is 6.49. The van der Waals surface area contributed by atoms with Crippen molar-refractivity contribution in [3.05, 3.63) is 66.2 Å². The molecule has 0 heterocycles. The molecule has 0 atom stereocenters. The first-order chi connectivity index (χ1) is 8.86. The van der Waals surface area contributed by atoms with E-state index in [-0.39, 0.29) is 5.66 Å². The van der Waals surface area contributed by atoms with Crippen molar-refractivity contribution in [3.8, 4) is 0 Å². The Balaban J connectivity index is 1.59. The van der Waals surface area contributed by atoms with E-state index >= 15 is 0 Å². The number of benzene rings is 2. The molecule has 0 spiro atoms. The van der Waals surface area contributed by atoms with E-state index in [0.717, 1.165) is 6.54 Å². The van der Waals surface area contributed by atoms with Crippen LogP contribution in [0.3, 0.4) is 0 Å². The maximum Gasteiger partial charge on any atom is 0.0886 e. The van der Waals surface area contributed by atoms with Gasteiger partial charge in [-0.2, -0.15) is 0 Å². The van der Waals surface area contributed by atoms with Gasteiger partial charge in [0.15, 0.2) is 0 Å². The van der Waals surface area contributed by atoms with E-state index in [0.29, 0.717) is 0 Å². The Hall–Kier alpha value is -1.80. The predicted octanol–water partition coefficient (Wildman–Crippen LogP) is 3.38. The van der Waals surface area contributed by atoms with Gasteiger partial charge in [-0.1, -0.05) is 48.5 Å². The highest BCUT2D eigenvalue weighted by Gasteiger charge is 2.42. The zero-order valence-electron chi connectivity index (χ0n) is 10.4. The molecule has 1 saturated carbocycles. The van der Waals surface area contributed by atoms with E-state index in [1.54, 1.807) is 0 Å². The van der Waals surface area contributed by atoms with E-state index in [4.69, 9.17) is 0 Å². The Morgan fingerprint density at radius 1 is 0.833 bits per heavy atom. The molecule has 0 radical (unpaired) electrons. The first kappa shape index (κ1) is 11.3. The van der Waals surface area contributed by atoms with Gasteiger partial charge in [0.25, 0.3) is 0 Å². The van der Waals surface area contributed by atoms with Gasteiger partial charge < -0.3 is 5.32 Å². The van der Waals surface area contributed by atoms with Gasteiger partial charge in [0.05, 0.1) is 5.66 Å². The zero-order chi connectivity index (χ0) is 12.3. The molecule has 3 rings (SSSR count). The number of hydrogen-bond acceptors (Lipinski definition) is 2. The van der Waals surface area contributed by atoms with Crippen molar-refractivity contribution < 1.29 is 0 Å². The Kier molecular flexibility index (Phi) is 3.03. The Bertz CT molecular complexity index is 489. The molecule has 1 aliphatic rings. The summed E-state index contributed by atoms with van der Waals surface area (Å²) in [4.78, 5) is 0. The molecule has 2 aromatic carbocycles. The SMILES string of the molecule is c1ccc(CNC2(Nc3ccccc3)CC2)cc1. The number of rotatable bonds is 5. The van der Waals surface area contributed by atoms with Crippen molar-refractivity contribution in [2.24, 2.45) is 0 Å². The van der Waals surface area contributed by atoms with Gasteiger partial charge in [0.2, 0.25) is 0 Å². The van der Waals surface area contributed by atoms with Crippen molar-refractivity contribution in [1.82, 2.24) is 5.32 Å². The third kappa shape index (κ3) is 2.71. The van der Waals surface area contributed by atoms with Gasteiger partial charge in [0.1, 0.15) is 0 Å². The molecule has 0 bridgehead atoms. The summed E-state index contributed by atoms with van der Waals surface area (Å²) in [6.07, 6.45) is 2.38. The van der Waals surface area contributed by atoms with Crippen molar-refractivity contribution in [3.63, 3.8) is 0 Å². The van der Waals surface area contributed by atoms with Gasteiger partial charge in [-0.05, 0) is 30.5 Å². The third-order valence-electron chi connectivity index (χ3n) is 3.38. The van der Waals surface area contributed by atoms with E-state index in [2.05, 4.69) is 65.2 Å². The maximum atomic E-state index is 3.62. The third-order valence-corrected chi connectivity index (χ3v) is 3.38. The molecule has 0 saturated heterocycles. The van der Waals surface area contributed by atoms with E-state index in [9.17, 15) is 0 Å². The smallest absolute Gasteiger partial charge is 0.0886 e. The van der Waals surface area contributed by atoms with Crippen molar-refractivity contribution in [2.75, 3.05) is 5.32 Å². The second kappa shape index (κ2) is 4.83. The largest absolute Gasteiger partial charge is 0.367 e. The summed E-state index contributed by atoms with van der Waals surface area (Å²) in [5.74, 6) is 0. The topological polar surface area (TPSA) is 24.1 Å². The van der Waals surface area contributed by atoms with Crippen LogP contribution in [0.1, 0.15) is 18.4 Å². The Morgan fingerprint density at radius 2 is 1.44 bits per heavy atom. The summed E-state index contributed by atoms with van der Waals surface area (Å²) in [6, 6.07) is 20.9. The highest BCUT2D eigenvalue weighted by molar-refractivity contribution is 5.46. The lowest BCUT2D eigenvalue weighted by molar-refractivity contribution is 0.550. The van der Waals surface area contributed by atoms with Crippen LogP contribution in [-0.4, -0.2) is 5.66 Å². The minimum absolute atomic E-state index is 0.108. The fourth-order valence-corrected chi connectivity index (χ4v) is 2.14. The number of para-hydroxylation sites is 1. The summed E-state index contributed by atoms with van der Waals surface area (Å²) in [7, 11) is 0. The normalized spacial score (nSPS) is 16.2. The average Bonchev–Trinajstić information content (AvgIpc) is 3.19. The minimum atomic E-state index is 0.108. The quantitative estimate of drug-likeness (QED) is 0.780. The van der Waals surface area contributed by atoms with Crippen LogP contribution in [-0.2, 0) is 6.54 Å². The van der Waals surface area contributed by atoms with Gasteiger partial charge >= 0.3 is 0 Å². The summed E-state index contributed by atoms with van der Waals surface area (Å²) in [5.41, 5.74) is 2.63. The lowest BCUT2D eigenvalue weighted by Crippen LogP contribution is -2.38. The molecule has 2 N–H and O–H groups in total. The molecule has 1 fully saturated rings. The van der Waals surface area contributed by atoms with Gasteiger partial charge in [0, 0.05) is 12.2 Å². The molecule has 92 valence electrons. The molecular formula is C16H18N2. The molecule has 0 aliphatic heterocycles. The molecule has 0 aromatic heterocycles. The van der Waals surface area contributed by atoms with Gasteiger partial charge in [-0.15, -0.1) is 0 Å². The molecule has 0 amide bonds. The molecule has 2 nitrogen and oxygen atoms in total. The van der Waals surface area contributed by atoms with Crippen molar-refractivity contribution in [1.29, 1.82) is 0 Å². The zero-order valence-corrected chi connectivity index (χ0v) is 10.4. The van der Waals surface area contributed by atoms with Crippen LogP contribution in [0.2, 0.25) is 0 Å². The maximum absolute atomic E-state index is 3.62. The van der Waals surface area contributed by atoms with Crippen LogP contribution in [0.25, 0.3) is 0 Å². The van der Waals surface area contributed by atoms with Gasteiger partial charge in [-0.25, -0.2) is 0 Å². The van der Waals surface area contributed by atoms with E-state index < -0.39 is 0 Å². The molecule has 0 unspecified atom stereocenters. The molecule has 18 heavy (non-hydrogen) atoms. The second-order valence-electron chi connectivity index (χ2n) is 4.91. The van der Waals surface area contributed by atoms with E-state index in [1.165, 1.54) is 24.1 Å². The number of anilines is 1. The van der Waals surface area contributed by atoms with Crippen LogP contribution in [0, 0.1) is 0 Å². The molecule has 2 heteroatoms. The van der Waals surface area contributed by atoms with Crippen LogP contribution in [0.15, 0.2) is 60.7 Å². The minimum Gasteiger partial charge on any atom is -0.367 e. The molecular weight excluding hydrogens is 220 g/mol. The number of hydrogen-bond donors (Lipinski definition) is 2. The standard InChI is InChI=1S/C16H18N2/c1-3-7-14(8-4-1)13-17-16(11-12-16)18-15-9-5-2-6-10-15/h1-10,17-18H,11-13H2. The average molecular weight is 238 g/mol. The summed E-state index contributed by atoms with van der Waals surface area (Å²) < 4.78 is 0.